The largest absolute Gasteiger partial charge is 0.312 e. The highest BCUT2D eigenvalue weighted by Gasteiger charge is 2.22. The van der Waals surface area contributed by atoms with Gasteiger partial charge in [-0.15, -0.1) is 0 Å². The van der Waals surface area contributed by atoms with Crippen molar-refractivity contribution in [3.63, 3.8) is 0 Å². The molecule has 0 amide bonds. The second-order valence-electron chi connectivity index (χ2n) is 4.49. The van der Waals surface area contributed by atoms with Crippen molar-refractivity contribution < 1.29 is 4.79 Å². The van der Waals surface area contributed by atoms with Gasteiger partial charge >= 0.3 is 0 Å². The molecule has 0 saturated heterocycles. The van der Waals surface area contributed by atoms with Gasteiger partial charge in [0.25, 0.3) is 5.91 Å². The van der Waals surface area contributed by atoms with Gasteiger partial charge < -0.3 is 5.32 Å². The molecule has 1 aliphatic heterocycles. The minimum absolute atomic E-state index is 0.00231. The van der Waals surface area contributed by atoms with Crippen molar-refractivity contribution >= 4 is 37.8 Å². The summed E-state index contributed by atoms with van der Waals surface area (Å²) in [6.07, 6.45) is 0.872. The summed E-state index contributed by atoms with van der Waals surface area (Å²) in [5.74, 6) is 0.00231. The lowest BCUT2D eigenvalue weighted by Crippen LogP contribution is -2.26. The van der Waals surface area contributed by atoms with E-state index in [-0.39, 0.29) is 5.91 Å². The first-order valence-corrected chi connectivity index (χ1v) is 7.66. The molecule has 3 nitrogen and oxygen atoms in total. The third-order valence-electron chi connectivity index (χ3n) is 3.31. The van der Waals surface area contributed by atoms with Crippen molar-refractivity contribution in [1.82, 2.24) is 9.88 Å². The van der Waals surface area contributed by atoms with Crippen LogP contribution in [0.3, 0.4) is 0 Å². The SMILES string of the molecule is O=C(c1ccccc1Br)n1c(Br)cc2c1CCNC2. The van der Waals surface area contributed by atoms with E-state index in [4.69, 9.17) is 0 Å². The molecule has 1 aliphatic rings. The summed E-state index contributed by atoms with van der Waals surface area (Å²) in [5.41, 5.74) is 2.98. The predicted octanol–water partition coefficient (Wildman–Crippen LogP) is 3.35. The zero-order valence-corrected chi connectivity index (χ0v) is 13.3. The smallest absolute Gasteiger partial charge is 0.264 e. The first kappa shape index (κ1) is 13.1. The molecule has 0 atom stereocenters. The van der Waals surface area contributed by atoms with Gasteiger partial charge in [-0.1, -0.05) is 12.1 Å². The molecule has 2 heterocycles. The predicted molar refractivity (Wildman–Crippen MR) is 81.4 cm³/mol. The number of fused-ring (bicyclic) bond motifs is 1. The van der Waals surface area contributed by atoms with Crippen molar-refractivity contribution in [2.75, 3.05) is 6.54 Å². The first-order chi connectivity index (χ1) is 9.18. The molecule has 98 valence electrons. The lowest BCUT2D eigenvalue weighted by Gasteiger charge is -2.16. The molecule has 0 unspecified atom stereocenters. The number of nitrogens with zero attached hydrogens (tertiary/aromatic N) is 1. The quantitative estimate of drug-likeness (QED) is 0.819. The van der Waals surface area contributed by atoms with Gasteiger partial charge in [-0.05, 0) is 55.6 Å². The van der Waals surface area contributed by atoms with Crippen molar-refractivity contribution in [2.45, 2.75) is 13.0 Å². The molecular weight excluding hydrogens is 372 g/mol. The van der Waals surface area contributed by atoms with E-state index >= 15 is 0 Å². The molecule has 3 rings (SSSR count). The summed E-state index contributed by atoms with van der Waals surface area (Å²) >= 11 is 6.94. The van der Waals surface area contributed by atoms with Crippen LogP contribution in [-0.2, 0) is 13.0 Å². The van der Waals surface area contributed by atoms with E-state index in [0.29, 0.717) is 5.56 Å². The molecular formula is C14H12Br2N2O. The van der Waals surface area contributed by atoms with Gasteiger partial charge in [0.2, 0.25) is 0 Å². The molecule has 5 heteroatoms. The first-order valence-electron chi connectivity index (χ1n) is 6.07. The van der Waals surface area contributed by atoms with E-state index in [9.17, 15) is 4.79 Å². The summed E-state index contributed by atoms with van der Waals surface area (Å²) < 4.78 is 3.42. The van der Waals surface area contributed by atoms with Gasteiger partial charge in [-0.3, -0.25) is 9.36 Å². The van der Waals surface area contributed by atoms with Crippen molar-refractivity contribution in [3.8, 4) is 0 Å². The molecule has 0 bridgehead atoms. The minimum atomic E-state index is 0.00231. The van der Waals surface area contributed by atoms with Gasteiger partial charge in [-0.25, -0.2) is 0 Å². The summed E-state index contributed by atoms with van der Waals surface area (Å²) in [4.78, 5) is 12.7. The van der Waals surface area contributed by atoms with E-state index in [0.717, 1.165) is 34.3 Å². The maximum absolute atomic E-state index is 12.7. The molecule has 2 aromatic rings. The van der Waals surface area contributed by atoms with E-state index in [1.54, 1.807) is 4.57 Å². The van der Waals surface area contributed by atoms with Crippen LogP contribution in [-0.4, -0.2) is 17.0 Å². The average Bonchev–Trinajstić information content (AvgIpc) is 2.74. The summed E-state index contributed by atoms with van der Waals surface area (Å²) in [6, 6.07) is 9.54. The number of hydrogen-bond donors (Lipinski definition) is 1. The second-order valence-corrected chi connectivity index (χ2v) is 6.15. The van der Waals surface area contributed by atoms with Crippen LogP contribution in [0, 0.1) is 0 Å². The highest BCUT2D eigenvalue weighted by atomic mass is 79.9. The van der Waals surface area contributed by atoms with Crippen LogP contribution >= 0.6 is 31.9 Å². The number of nitrogens with one attached hydrogen (secondary N) is 1. The number of carbonyl (C=O) groups excluding carboxylic acids is 1. The molecule has 0 fully saturated rings. The lowest BCUT2D eigenvalue weighted by atomic mass is 10.1. The summed E-state index contributed by atoms with van der Waals surface area (Å²) in [5, 5.41) is 3.32. The molecule has 1 aromatic heterocycles. The normalized spacial score (nSPS) is 14.2. The Morgan fingerprint density at radius 1 is 1.26 bits per heavy atom. The van der Waals surface area contributed by atoms with E-state index < -0.39 is 0 Å². The topological polar surface area (TPSA) is 34.0 Å². The van der Waals surface area contributed by atoms with E-state index in [1.807, 2.05) is 30.3 Å². The van der Waals surface area contributed by atoms with Crippen molar-refractivity contribution in [2.24, 2.45) is 0 Å². The van der Waals surface area contributed by atoms with Crippen LogP contribution in [0.1, 0.15) is 21.6 Å². The molecule has 0 radical (unpaired) electrons. The van der Waals surface area contributed by atoms with Gasteiger partial charge in [0, 0.05) is 29.7 Å². The lowest BCUT2D eigenvalue weighted by molar-refractivity contribution is 0.0953. The minimum Gasteiger partial charge on any atom is -0.312 e. The van der Waals surface area contributed by atoms with Crippen molar-refractivity contribution in [3.05, 3.63) is 56.2 Å². The number of carbonyl (C=O) groups is 1. The molecule has 1 N–H and O–H groups in total. The Morgan fingerprint density at radius 3 is 2.84 bits per heavy atom. The van der Waals surface area contributed by atoms with E-state index in [2.05, 4.69) is 37.2 Å². The van der Waals surface area contributed by atoms with Crippen molar-refractivity contribution in [1.29, 1.82) is 0 Å². The number of hydrogen-bond acceptors (Lipinski definition) is 2. The molecule has 1 aromatic carbocycles. The fourth-order valence-corrected chi connectivity index (χ4v) is 3.50. The number of halogens is 2. The maximum atomic E-state index is 12.7. The average molecular weight is 384 g/mol. The van der Waals surface area contributed by atoms with Gasteiger partial charge in [0.05, 0.1) is 10.2 Å². The van der Waals surface area contributed by atoms with Gasteiger partial charge in [0.15, 0.2) is 0 Å². The third kappa shape index (κ3) is 2.30. The Labute approximate surface area is 128 Å². The summed E-state index contributed by atoms with van der Waals surface area (Å²) in [7, 11) is 0. The Morgan fingerprint density at radius 2 is 2.05 bits per heavy atom. The molecule has 0 saturated carbocycles. The fraction of sp³-hybridized carbons (Fsp3) is 0.214. The third-order valence-corrected chi connectivity index (χ3v) is 4.58. The van der Waals surface area contributed by atoms with E-state index in [1.165, 1.54) is 5.56 Å². The fourth-order valence-electron chi connectivity index (χ4n) is 2.39. The number of benzene rings is 1. The van der Waals surface area contributed by atoms with Crippen LogP contribution in [0.4, 0.5) is 0 Å². The number of rotatable bonds is 1. The van der Waals surface area contributed by atoms with Crippen LogP contribution < -0.4 is 5.32 Å². The van der Waals surface area contributed by atoms with Gasteiger partial charge in [0.1, 0.15) is 0 Å². The highest BCUT2D eigenvalue weighted by molar-refractivity contribution is 9.10. The molecule has 19 heavy (non-hydrogen) atoms. The highest BCUT2D eigenvalue weighted by Crippen LogP contribution is 2.26. The number of aromatic nitrogens is 1. The standard InChI is InChI=1S/C14H12Br2N2O/c15-11-4-2-1-3-10(11)14(19)18-12-5-6-17-8-9(12)7-13(18)16/h1-4,7,17H,5-6,8H2. The Bertz CT molecular complexity index is 649. The molecule has 0 spiro atoms. The summed E-state index contributed by atoms with van der Waals surface area (Å²) in [6.45, 7) is 1.73. The van der Waals surface area contributed by atoms with Crippen LogP contribution in [0.5, 0.6) is 0 Å². The zero-order chi connectivity index (χ0) is 13.4. The second kappa shape index (κ2) is 5.23. The van der Waals surface area contributed by atoms with Gasteiger partial charge in [-0.2, -0.15) is 0 Å². The van der Waals surface area contributed by atoms with Crippen LogP contribution in [0.25, 0.3) is 0 Å². The monoisotopic (exact) mass is 382 g/mol. The maximum Gasteiger partial charge on any atom is 0.264 e. The zero-order valence-electron chi connectivity index (χ0n) is 10.1. The Kier molecular flexibility index (Phi) is 3.60. The Hall–Kier alpha value is -0.910. The van der Waals surface area contributed by atoms with Crippen LogP contribution in [0.15, 0.2) is 39.4 Å². The molecule has 0 aliphatic carbocycles. The Balaban J connectivity index is 2.10. The van der Waals surface area contributed by atoms with Crippen LogP contribution in [0.2, 0.25) is 0 Å².